The van der Waals surface area contributed by atoms with Crippen molar-refractivity contribution in [3.63, 3.8) is 0 Å². The first-order valence-corrected chi connectivity index (χ1v) is 8.53. The highest BCUT2D eigenvalue weighted by atomic mass is 16.1. The summed E-state index contributed by atoms with van der Waals surface area (Å²) in [6.07, 6.45) is 5.25. The highest BCUT2D eigenvalue weighted by Crippen LogP contribution is 2.19. The largest absolute Gasteiger partial charge is 0.320 e. The molecule has 0 aliphatic carbocycles. The Hall–Kier alpha value is -2.99. The lowest BCUT2D eigenvalue weighted by Crippen LogP contribution is -2.23. The normalized spacial score (nSPS) is 12.2. The Bertz CT molecular complexity index is 875. The highest BCUT2D eigenvalue weighted by Gasteiger charge is 2.14. The number of rotatable bonds is 6. The molecule has 0 spiro atoms. The van der Waals surface area contributed by atoms with Crippen LogP contribution in [0.2, 0.25) is 0 Å². The van der Waals surface area contributed by atoms with Gasteiger partial charge in [-0.1, -0.05) is 18.2 Å². The van der Waals surface area contributed by atoms with Crippen LogP contribution < -0.4 is 5.32 Å². The van der Waals surface area contributed by atoms with E-state index >= 15 is 0 Å². The van der Waals surface area contributed by atoms with Crippen LogP contribution in [0.25, 0.3) is 0 Å². The zero-order valence-electron chi connectivity index (χ0n) is 15.3. The molecule has 0 radical (unpaired) electrons. The zero-order valence-corrected chi connectivity index (χ0v) is 15.3. The van der Waals surface area contributed by atoms with E-state index in [4.69, 9.17) is 0 Å². The van der Waals surface area contributed by atoms with E-state index in [0.29, 0.717) is 11.5 Å². The van der Waals surface area contributed by atoms with Gasteiger partial charge in [0.05, 0.1) is 5.69 Å². The van der Waals surface area contributed by atoms with Crippen LogP contribution in [0.15, 0.2) is 61.1 Å². The summed E-state index contributed by atoms with van der Waals surface area (Å²) in [7, 11) is 3.90. The summed E-state index contributed by atoms with van der Waals surface area (Å²) in [5.41, 5.74) is 2.71. The lowest BCUT2D eigenvalue weighted by molar-refractivity contribution is 0.102. The first-order valence-electron chi connectivity index (χ1n) is 8.53. The molecule has 0 aliphatic rings. The van der Waals surface area contributed by atoms with Crippen LogP contribution in [0, 0.1) is 0 Å². The third kappa shape index (κ3) is 4.15. The minimum atomic E-state index is -0.165. The number of imidazole rings is 1. The maximum absolute atomic E-state index is 12.5. The predicted octanol–water partition coefficient (Wildman–Crippen LogP) is 3.26. The molecule has 1 aromatic carbocycles. The van der Waals surface area contributed by atoms with Crippen molar-refractivity contribution in [3.05, 3.63) is 77.9 Å². The van der Waals surface area contributed by atoms with E-state index in [1.807, 2.05) is 55.7 Å². The number of anilines is 1. The summed E-state index contributed by atoms with van der Waals surface area (Å²) in [6, 6.07) is 13.8. The van der Waals surface area contributed by atoms with Gasteiger partial charge >= 0.3 is 0 Å². The van der Waals surface area contributed by atoms with E-state index in [2.05, 4.69) is 34.2 Å². The predicted molar refractivity (Wildman–Crippen MR) is 102 cm³/mol. The third-order valence-corrected chi connectivity index (χ3v) is 4.44. The molecule has 134 valence electrons. The molecule has 2 aromatic heterocycles. The Morgan fingerprint density at radius 3 is 2.73 bits per heavy atom. The summed E-state index contributed by atoms with van der Waals surface area (Å²) in [4.78, 5) is 23.2. The fraction of sp³-hybridized carbons (Fsp3) is 0.250. The minimum absolute atomic E-state index is 0.165. The summed E-state index contributed by atoms with van der Waals surface area (Å²) >= 11 is 0. The van der Waals surface area contributed by atoms with Crippen molar-refractivity contribution in [2.75, 3.05) is 12.4 Å². The molecule has 0 fully saturated rings. The quantitative estimate of drug-likeness (QED) is 0.742. The van der Waals surface area contributed by atoms with E-state index in [1.54, 1.807) is 17.0 Å². The van der Waals surface area contributed by atoms with E-state index < -0.39 is 0 Å². The molecule has 6 heteroatoms. The average molecular weight is 349 g/mol. The van der Waals surface area contributed by atoms with Crippen LogP contribution in [0.5, 0.6) is 0 Å². The molecular weight excluding hydrogens is 326 g/mol. The molecule has 0 unspecified atom stereocenters. The summed E-state index contributed by atoms with van der Waals surface area (Å²) in [5, 5.41) is 2.82. The van der Waals surface area contributed by atoms with Gasteiger partial charge in [0.1, 0.15) is 0 Å². The summed E-state index contributed by atoms with van der Waals surface area (Å²) < 4.78 is 1.77. The SMILES string of the molecule is C[C@@H](c1ccccn1)N(C)Cc1cccc(C(=O)Nc2nccn2C)c1. The maximum atomic E-state index is 12.5. The monoisotopic (exact) mass is 349 g/mol. The van der Waals surface area contributed by atoms with Crippen LogP contribution in [-0.4, -0.2) is 32.4 Å². The molecule has 0 bridgehead atoms. The van der Waals surface area contributed by atoms with E-state index in [0.717, 1.165) is 17.8 Å². The summed E-state index contributed by atoms with van der Waals surface area (Å²) in [6.45, 7) is 2.85. The second-order valence-corrected chi connectivity index (χ2v) is 6.36. The minimum Gasteiger partial charge on any atom is -0.320 e. The van der Waals surface area contributed by atoms with Crippen LogP contribution in [0.1, 0.15) is 34.6 Å². The molecule has 6 nitrogen and oxygen atoms in total. The summed E-state index contributed by atoms with van der Waals surface area (Å²) in [5.74, 6) is 0.364. The van der Waals surface area contributed by atoms with Crippen molar-refractivity contribution in [2.24, 2.45) is 7.05 Å². The zero-order chi connectivity index (χ0) is 18.5. The number of aromatic nitrogens is 3. The van der Waals surface area contributed by atoms with Crippen molar-refractivity contribution in [3.8, 4) is 0 Å². The fourth-order valence-corrected chi connectivity index (χ4v) is 2.74. The standard InChI is InChI=1S/C20H23N5O/c1-15(18-9-4-5-10-21-18)25(3)14-16-7-6-8-17(13-16)19(26)23-20-22-11-12-24(20)2/h4-13,15H,14H2,1-3H3,(H,22,23,26)/t15-/m0/s1. The molecule has 1 amide bonds. The van der Waals surface area contributed by atoms with Gasteiger partial charge in [-0.25, -0.2) is 4.98 Å². The maximum Gasteiger partial charge on any atom is 0.257 e. The second-order valence-electron chi connectivity index (χ2n) is 6.36. The molecule has 0 aliphatic heterocycles. The highest BCUT2D eigenvalue weighted by molar-refractivity contribution is 6.03. The lowest BCUT2D eigenvalue weighted by atomic mass is 10.1. The van der Waals surface area contributed by atoms with Crippen molar-refractivity contribution >= 4 is 11.9 Å². The molecular formula is C20H23N5O. The molecule has 1 N–H and O–H groups in total. The molecule has 0 saturated carbocycles. The Morgan fingerprint density at radius 1 is 1.19 bits per heavy atom. The van der Waals surface area contributed by atoms with Gasteiger partial charge in [0, 0.05) is 43.8 Å². The Morgan fingerprint density at radius 2 is 2.04 bits per heavy atom. The molecule has 1 atom stereocenters. The topological polar surface area (TPSA) is 63.1 Å². The van der Waals surface area contributed by atoms with Crippen molar-refractivity contribution in [1.82, 2.24) is 19.4 Å². The number of nitrogens with zero attached hydrogens (tertiary/aromatic N) is 4. The van der Waals surface area contributed by atoms with Gasteiger partial charge in [-0.2, -0.15) is 0 Å². The van der Waals surface area contributed by atoms with Crippen LogP contribution >= 0.6 is 0 Å². The number of carbonyl (C=O) groups excluding carboxylic acids is 1. The Kier molecular flexibility index (Phi) is 5.43. The number of carbonyl (C=O) groups is 1. The van der Waals surface area contributed by atoms with Gasteiger partial charge in [0.25, 0.3) is 5.91 Å². The van der Waals surface area contributed by atoms with Gasteiger partial charge < -0.3 is 4.57 Å². The molecule has 3 aromatic rings. The smallest absolute Gasteiger partial charge is 0.257 e. The fourth-order valence-electron chi connectivity index (χ4n) is 2.74. The first-order chi connectivity index (χ1) is 12.5. The lowest BCUT2D eigenvalue weighted by Gasteiger charge is -2.24. The van der Waals surface area contributed by atoms with Crippen LogP contribution in [-0.2, 0) is 13.6 Å². The number of aryl methyl sites for hydroxylation is 1. The number of amides is 1. The van der Waals surface area contributed by atoms with Crippen LogP contribution in [0.4, 0.5) is 5.95 Å². The molecule has 2 heterocycles. The first kappa shape index (κ1) is 17.8. The van der Waals surface area contributed by atoms with Gasteiger partial charge in [-0.05, 0) is 43.8 Å². The van der Waals surface area contributed by atoms with E-state index in [9.17, 15) is 4.79 Å². The average Bonchev–Trinajstić information content (AvgIpc) is 3.06. The number of hydrogen-bond acceptors (Lipinski definition) is 4. The number of hydrogen-bond donors (Lipinski definition) is 1. The van der Waals surface area contributed by atoms with Crippen molar-refractivity contribution in [1.29, 1.82) is 0 Å². The van der Waals surface area contributed by atoms with Gasteiger partial charge in [-0.15, -0.1) is 0 Å². The van der Waals surface area contributed by atoms with Gasteiger partial charge in [0.15, 0.2) is 0 Å². The Labute approximate surface area is 153 Å². The second kappa shape index (κ2) is 7.93. The van der Waals surface area contributed by atoms with Gasteiger partial charge in [0.2, 0.25) is 5.95 Å². The van der Waals surface area contributed by atoms with E-state index in [1.165, 1.54) is 0 Å². The molecule has 26 heavy (non-hydrogen) atoms. The molecule has 0 saturated heterocycles. The number of benzene rings is 1. The molecule has 3 rings (SSSR count). The van der Waals surface area contributed by atoms with Crippen molar-refractivity contribution in [2.45, 2.75) is 19.5 Å². The van der Waals surface area contributed by atoms with Crippen molar-refractivity contribution < 1.29 is 4.79 Å². The third-order valence-electron chi connectivity index (χ3n) is 4.44. The van der Waals surface area contributed by atoms with E-state index in [-0.39, 0.29) is 11.9 Å². The number of nitrogens with one attached hydrogen (secondary N) is 1. The van der Waals surface area contributed by atoms with Crippen LogP contribution in [0.3, 0.4) is 0 Å². The Balaban J connectivity index is 1.69. The number of pyridine rings is 1. The van der Waals surface area contributed by atoms with Gasteiger partial charge in [-0.3, -0.25) is 20.0 Å².